The molecule has 8 nitrogen and oxygen atoms in total. The molecule has 0 heterocycles. The maximum absolute atomic E-state index is 14.2. The van der Waals surface area contributed by atoms with Crippen molar-refractivity contribution >= 4 is 27.5 Å². The lowest BCUT2D eigenvalue weighted by molar-refractivity contribution is 0.161. The predicted octanol–water partition coefficient (Wildman–Crippen LogP) is 3.81. The summed E-state index contributed by atoms with van der Waals surface area (Å²) in [6.45, 7) is 0.350. The van der Waals surface area contributed by atoms with Crippen molar-refractivity contribution < 1.29 is 27.1 Å². The Labute approximate surface area is 185 Å². The Morgan fingerprint density at radius 1 is 1.03 bits per heavy atom. The lowest BCUT2D eigenvalue weighted by atomic mass is 10.1. The van der Waals surface area contributed by atoms with Crippen molar-refractivity contribution in [2.45, 2.75) is 4.90 Å². The zero-order chi connectivity index (χ0) is 23.1. The first-order valence-electron chi connectivity index (χ1n) is 9.52. The van der Waals surface area contributed by atoms with E-state index in [2.05, 4.69) is 14.8 Å². The Balaban J connectivity index is 1.85. The van der Waals surface area contributed by atoms with E-state index in [4.69, 9.17) is 10.5 Å². The van der Waals surface area contributed by atoms with Gasteiger partial charge < -0.3 is 20.5 Å². The smallest absolute Gasteiger partial charge is 0.404 e. The first-order valence-corrected chi connectivity index (χ1v) is 11.0. The third-order valence-electron chi connectivity index (χ3n) is 4.43. The number of sulfonamides is 1. The molecule has 10 heteroatoms. The summed E-state index contributed by atoms with van der Waals surface area (Å²) in [6, 6.07) is 17.1. The number of anilines is 2. The summed E-state index contributed by atoms with van der Waals surface area (Å²) >= 11 is 0. The Morgan fingerprint density at radius 3 is 2.50 bits per heavy atom. The molecule has 0 fully saturated rings. The molecular formula is C22H22FN3O5S. The number of carbonyl (C=O) groups is 1. The van der Waals surface area contributed by atoms with Crippen LogP contribution in [0.2, 0.25) is 0 Å². The van der Waals surface area contributed by atoms with Gasteiger partial charge in [-0.1, -0.05) is 30.3 Å². The van der Waals surface area contributed by atoms with Gasteiger partial charge in [-0.2, -0.15) is 0 Å². The highest BCUT2D eigenvalue weighted by Gasteiger charge is 2.21. The van der Waals surface area contributed by atoms with E-state index in [1.807, 2.05) is 0 Å². The topological polar surface area (TPSA) is 120 Å². The predicted molar refractivity (Wildman–Crippen MR) is 120 cm³/mol. The normalized spacial score (nSPS) is 10.9. The molecule has 168 valence electrons. The fraction of sp³-hybridized carbons (Fsp3) is 0.136. The van der Waals surface area contributed by atoms with Crippen molar-refractivity contribution in [1.29, 1.82) is 0 Å². The molecule has 0 atom stereocenters. The van der Waals surface area contributed by atoms with Gasteiger partial charge in [-0.15, -0.1) is 0 Å². The third-order valence-corrected chi connectivity index (χ3v) is 5.83. The van der Waals surface area contributed by atoms with Crippen LogP contribution in [0.4, 0.5) is 20.6 Å². The summed E-state index contributed by atoms with van der Waals surface area (Å²) in [5.74, 6) is -0.344. The minimum atomic E-state index is -4.06. The zero-order valence-electron chi connectivity index (χ0n) is 17.2. The van der Waals surface area contributed by atoms with Gasteiger partial charge in [-0.25, -0.2) is 17.6 Å². The number of hydrogen-bond donors (Lipinski definition) is 3. The Hall–Kier alpha value is -3.79. The van der Waals surface area contributed by atoms with Crippen molar-refractivity contribution in [3.63, 3.8) is 0 Å². The number of carbonyl (C=O) groups excluding carboxylic acids is 1. The Morgan fingerprint density at radius 2 is 1.78 bits per heavy atom. The number of amides is 1. The highest BCUT2D eigenvalue weighted by molar-refractivity contribution is 7.92. The zero-order valence-corrected chi connectivity index (χ0v) is 18.0. The number of nitrogens with two attached hydrogens (primary N) is 1. The van der Waals surface area contributed by atoms with Gasteiger partial charge in [-0.05, 0) is 42.0 Å². The molecule has 3 rings (SSSR count). The maximum Gasteiger partial charge on any atom is 0.404 e. The van der Waals surface area contributed by atoms with Gasteiger partial charge in [-0.3, -0.25) is 4.72 Å². The van der Waals surface area contributed by atoms with Crippen LogP contribution in [0.3, 0.4) is 0 Å². The fourth-order valence-electron chi connectivity index (χ4n) is 3.00. The molecular weight excluding hydrogens is 437 g/mol. The number of hydrogen-bond acceptors (Lipinski definition) is 6. The van der Waals surface area contributed by atoms with Crippen molar-refractivity contribution in [3.8, 4) is 16.9 Å². The monoisotopic (exact) mass is 459 g/mol. The first kappa shape index (κ1) is 22.9. The van der Waals surface area contributed by atoms with Crippen LogP contribution < -0.4 is 20.5 Å². The summed E-state index contributed by atoms with van der Waals surface area (Å²) in [4.78, 5) is 10.5. The molecule has 0 saturated carbocycles. The van der Waals surface area contributed by atoms with Crippen molar-refractivity contribution in [1.82, 2.24) is 0 Å². The Bertz CT molecular complexity index is 1220. The van der Waals surface area contributed by atoms with Crippen LogP contribution in [0.5, 0.6) is 5.75 Å². The molecule has 1 amide bonds. The molecule has 3 aromatic rings. The van der Waals surface area contributed by atoms with Crippen LogP contribution in [0, 0.1) is 5.82 Å². The highest BCUT2D eigenvalue weighted by atomic mass is 32.2. The molecule has 3 aromatic carbocycles. The van der Waals surface area contributed by atoms with E-state index < -0.39 is 21.9 Å². The standard InChI is InChI=1S/C22H22FN3O5S/c1-30-20-10-9-15(18-7-2-3-8-19(18)23)13-21(20)32(28,29)26-17-6-4-5-16(14-17)25-11-12-31-22(24)27/h2-10,13-14,25-26H,11-12H2,1H3,(H2,24,27). The second-order valence-electron chi connectivity index (χ2n) is 6.63. The van der Waals surface area contributed by atoms with Crippen LogP contribution >= 0.6 is 0 Å². The number of methoxy groups -OCH3 is 1. The maximum atomic E-state index is 14.2. The molecule has 0 bridgehead atoms. The molecule has 32 heavy (non-hydrogen) atoms. The molecule has 0 spiro atoms. The fourth-order valence-corrected chi connectivity index (χ4v) is 4.24. The van der Waals surface area contributed by atoms with Crippen LogP contribution in [0.15, 0.2) is 71.6 Å². The van der Waals surface area contributed by atoms with E-state index in [9.17, 15) is 17.6 Å². The van der Waals surface area contributed by atoms with E-state index in [1.165, 1.54) is 25.3 Å². The van der Waals surface area contributed by atoms with Gasteiger partial charge in [0.15, 0.2) is 0 Å². The summed E-state index contributed by atoms with van der Waals surface area (Å²) < 4.78 is 52.8. The number of ether oxygens (including phenoxy) is 2. The minimum absolute atomic E-state index is 0.0608. The minimum Gasteiger partial charge on any atom is -0.495 e. The molecule has 0 aliphatic rings. The number of rotatable bonds is 9. The summed E-state index contributed by atoms with van der Waals surface area (Å²) in [6.07, 6.45) is -0.875. The van der Waals surface area contributed by atoms with Crippen molar-refractivity contribution in [2.75, 3.05) is 30.3 Å². The first-order chi connectivity index (χ1) is 15.3. The van der Waals surface area contributed by atoms with Crippen LogP contribution in [-0.2, 0) is 14.8 Å². The molecule has 0 saturated heterocycles. The summed E-state index contributed by atoms with van der Waals surface area (Å²) in [5.41, 5.74) is 6.47. The van der Waals surface area contributed by atoms with Gasteiger partial charge in [0.2, 0.25) is 0 Å². The highest BCUT2D eigenvalue weighted by Crippen LogP contribution is 2.32. The average Bonchev–Trinajstić information content (AvgIpc) is 2.76. The van der Waals surface area contributed by atoms with E-state index in [0.29, 0.717) is 16.9 Å². The molecule has 4 N–H and O–H groups in total. The molecule has 0 aromatic heterocycles. The lowest BCUT2D eigenvalue weighted by Gasteiger charge is -2.14. The number of nitrogens with one attached hydrogen (secondary N) is 2. The number of halogens is 1. The third kappa shape index (κ3) is 5.67. The van der Waals surface area contributed by atoms with Gasteiger partial charge in [0, 0.05) is 17.8 Å². The van der Waals surface area contributed by atoms with Crippen LogP contribution in [0.25, 0.3) is 11.1 Å². The number of primary amides is 1. The Kier molecular flexibility index (Phi) is 7.16. The van der Waals surface area contributed by atoms with Gasteiger partial charge in [0.05, 0.1) is 12.8 Å². The quantitative estimate of drug-likeness (QED) is 0.419. The van der Waals surface area contributed by atoms with E-state index >= 15 is 0 Å². The van der Waals surface area contributed by atoms with Crippen molar-refractivity contribution in [3.05, 3.63) is 72.5 Å². The lowest BCUT2D eigenvalue weighted by Crippen LogP contribution is -2.18. The van der Waals surface area contributed by atoms with Gasteiger partial charge in [0.1, 0.15) is 23.1 Å². The SMILES string of the molecule is COc1ccc(-c2ccccc2F)cc1S(=O)(=O)Nc1cccc(NCCOC(N)=O)c1. The number of benzene rings is 3. The second-order valence-corrected chi connectivity index (χ2v) is 8.28. The van der Waals surface area contributed by atoms with Gasteiger partial charge in [0.25, 0.3) is 10.0 Å². The van der Waals surface area contributed by atoms with Gasteiger partial charge >= 0.3 is 6.09 Å². The molecule has 0 radical (unpaired) electrons. The summed E-state index contributed by atoms with van der Waals surface area (Å²) in [7, 11) is -2.71. The molecule has 0 aliphatic heterocycles. The van der Waals surface area contributed by atoms with Crippen molar-refractivity contribution in [2.24, 2.45) is 5.73 Å². The van der Waals surface area contributed by atoms with E-state index in [1.54, 1.807) is 48.5 Å². The largest absolute Gasteiger partial charge is 0.495 e. The average molecular weight is 459 g/mol. The second kappa shape index (κ2) is 10.0. The van der Waals surface area contributed by atoms with Crippen LogP contribution in [-0.4, -0.2) is 34.8 Å². The van der Waals surface area contributed by atoms with E-state index in [0.717, 1.165) is 0 Å². The molecule has 0 unspecified atom stereocenters. The molecule has 0 aliphatic carbocycles. The van der Waals surface area contributed by atoms with E-state index in [-0.39, 0.29) is 29.4 Å². The summed E-state index contributed by atoms with van der Waals surface area (Å²) in [5, 5.41) is 2.99. The van der Waals surface area contributed by atoms with Crippen LogP contribution in [0.1, 0.15) is 0 Å².